The van der Waals surface area contributed by atoms with Crippen molar-refractivity contribution < 1.29 is 0 Å². The molecule has 108 valence electrons. The highest BCUT2D eigenvalue weighted by Gasteiger charge is 2.19. The topological polar surface area (TPSA) is 50.9 Å². The largest absolute Gasteiger partial charge is 0.389 e. The molecule has 3 rings (SSSR count). The molecule has 1 fully saturated rings. The van der Waals surface area contributed by atoms with Crippen molar-refractivity contribution in [1.82, 2.24) is 4.98 Å². The van der Waals surface area contributed by atoms with Crippen molar-refractivity contribution >= 4 is 23.0 Å². The standard InChI is InChI=1S/C16H23N3S/c17-15(20)13-10-11-6-4-5-9-14(11)19-16(13)18-12-7-2-1-3-8-12/h10,12H,1-9H2,(H2,17,20)(H,18,19). The zero-order valence-corrected chi connectivity index (χ0v) is 12.8. The lowest BCUT2D eigenvalue weighted by Crippen LogP contribution is -2.26. The molecular formula is C16H23N3S. The van der Waals surface area contributed by atoms with Gasteiger partial charge in [-0.15, -0.1) is 0 Å². The summed E-state index contributed by atoms with van der Waals surface area (Å²) in [5.74, 6) is 0.921. The maximum Gasteiger partial charge on any atom is 0.136 e. The second kappa shape index (κ2) is 6.08. The Morgan fingerprint density at radius 2 is 1.90 bits per heavy atom. The van der Waals surface area contributed by atoms with Crippen LogP contribution in [0.4, 0.5) is 5.82 Å². The molecule has 0 spiro atoms. The summed E-state index contributed by atoms with van der Waals surface area (Å²) in [6.07, 6.45) is 11.1. The third kappa shape index (κ3) is 2.95. The van der Waals surface area contributed by atoms with E-state index in [9.17, 15) is 0 Å². The first-order chi connectivity index (χ1) is 9.74. The van der Waals surface area contributed by atoms with Crippen molar-refractivity contribution in [3.8, 4) is 0 Å². The second-order valence-corrected chi connectivity index (χ2v) is 6.48. The Balaban J connectivity index is 1.88. The van der Waals surface area contributed by atoms with E-state index < -0.39 is 0 Å². The molecular weight excluding hydrogens is 266 g/mol. The van der Waals surface area contributed by atoms with Gasteiger partial charge in [-0.05, 0) is 50.2 Å². The molecule has 0 aromatic carbocycles. The van der Waals surface area contributed by atoms with Gasteiger partial charge in [0.15, 0.2) is 0 Å². The van der Waals surface area contributed by atoms with Crippen LogP contribution >= 0.6 is 12.2 Å². The number of fused-ring (bicyclic) bond motifs is 1. The fourth-order valence-electron chi connectivity index (χ4n) is 3.37. The van der Waals surface area contributed by atoms with Gasteiger partial charge >= 0.3 is 0 Å². The first kappa shape index (κ1) is 13.8. The number of rotatable bonds is 3. The van der Waals surface area contributed by atoms with Gasteiger partial charge in [-0.2, -0.15) is 0 Å². The highest BCUT2D eigenvalue weighted by molar-refractivity contribution is 7.80. The molecule has 1 saturated carbocycles. The predicted octanol–water partition coefficient (Wildman–Crippen LogP) is 3.34. The number of aromatic nitrogens is 1. The molecule has 4 heteroatoms. The zero-order chi connectivity index (χ0) is 13.9. The quantitative estimate of drug-likeness (QED) is 0.838. The third-order valence-electron chi connectivity index (χ3n) is 4.51. The number of nitrogens with one attached hydrogen (secondary N) is 1. The van der Waals surface area contributed by atoms with Gasteiger partial charge in [0.05, 0.1) is 5.56 Å². The van der Waals surface area contributed by atoms with Crippen molar-refractivity contribution in [3.63, 3.8) is 0 Å². The third-order valence-corrected chi connectivity index (χ3v) is 4.73. The molecule has 1 aromatic rings. The number of nitrogens with two attached hydrogens (primary N) is 1. The molecule has 3 nitrogen and oxygen atoms in total. The van der Waals surface area contributed by atoms with Crippen LogP contribution in [0.5, 0.6) is 0 Å². The molecule has 0 saturated heterocycles. The van der Waals surface area contributed by atoms with Crippen LogP contribution in [0, 0.1) is 0 Å². The number of aryl methyl sites for hydroxylation is 2. The smallest absolute Gasteiger partial charge is 0.136 e. The fourth-order valence-corrected chi connectivity index (χ4v) is 3.53. The highest BCUT2D eigenvalue weighted by Crippen LogP contribution is 2.27. The van der Waals surface area contributed by atoms with E-state index >= 15 is 0 Å². The van der Waals surface area contributed by atoms with Crippen molar-refractivity contribution in [2.45, 2.75) is 63.8 Å². The summed E-state index contributed by atoms with van der Waals surface area (Å²) in [6.45, 7) is 0. The lowest BCUT2D eigenvalue weighted by atomic mass is 9.93. The molecule has 0 bridgehead atoms. The molecule has 20 heavy (non-hydrogen) atoms. The first-order valence-electron chi connectivity index (χ1n) is 7.83. The monoisotopic (exact) mass is 289 g/mol. The average Bonchev–Trinajstić information content (AvgIpc) is 2.47. The van der Waals surface area contributed by atoms with Crippen LogP contribution in [0.25, 0.3) is 0 Å². The van der Waals surface area contributed by atoms with E-state index in [1.165, 1.54) is 56.2 Å². The number of anilines is 1. The van der Waals surface area contributed by atoms with E-state index in [1.54, 1.807) is 0 Å². The minimum atomic E-state index is 0.462. The van der Waals surface area contributed by atoms with Crippen molar-refractivity contribution in [2.75, 3.05) is 5.32 Å². The van der Waals surface area contributed by atoms with Gasteiger partial charge in [0.2, 0.25) is 0 Å². The van der Waals surface area contributed by atoms with E-state index in [0.29, 0.717) is 11.0 Å². The summed E-state index contributed by atoms with van der Waals surface area (Å²) in [7, 11) is 0. The van der Waals surface area contributed by atoms with E-state index in [-0.39, 0.29) is 0 Å². The van der Waals surface area contributed by atoms with Crippen LogP contribution < -0.4 is 11.1 Å². The summed E-state index contributed by atoms with van der Waals surface area (Å²) in [5, 5.41) is 3.60. The SMILES string of the molecule is NC(=S)c1cc2c(nc1NC1CCCCC1)CCCC2. The molecule has 2 aliphatic carbocycles. The van der Waals surface area contributed by atoms with Gasteiger partial charge in [0.25, 0.3) is 0 Å². The van der Waals surface area contributed by atoms with Crippen molar-refractivity contribution in [3.05, 3.63) is 22.9 Å². The summed E-state index contributed by atoms with van der Waals surface area (Å²) in [5.41, 5.74) is 9.43. The predicted molar refractivity (Wildman–Crippen MR) is 87.3 cm³/mol. The number of hydrogen-bond acceptors (Lipinski definition) is 3. The van der Waals surface area contributed by atoms with Crippen LogP contribution in [0.2, 0.25) is 0 Å². The van der Waals surface area contributed by atoms with Gasteiger partial charge in [-0.3, -0.25) is 0 Å². The van der Waals surface area contributed by atoms with Crippen LogP contribution in [-0.4, -0.2) is 16.0 Å². The lowest BCUT2D eigenvalue weighted by Gasteiger charge is -2.26. The minimum absolute atomic E-state index is 0.462. The molecule has 1 aromatic heterocycles. The van der Waals surface area contributed by atoms with Crippen LogP contribution in [0.15, 0.2) is 6.07 Å². The average molecular weight is 289 g/mol. The van der Waals surface area contributed by atoms with Gasteiger partial charge in [-0.25, -0.2) is 4.98 Å². The highest BCUT2D eigenvalue weighted by atomic mass is 32.1. The summed E-state index contributed by atoms with van der Waals surface area (Å²) >= 11 is 5.22. The van der Waals surface area contributed by atoms with Crippen molar-refractivity contribution in [1.29, 1.82) is 0 Å². The molecule has 0 unspecified atom stereocenters. The Bertz CT molecular complexity index is 507. The molecule has 0 amide bonds. The lowest BCUT2D eigenvalue weighted by molar-refractivity contribution is 0.461. The molecule has 0 atom stereocenters. The molecule has 2 aliphatic rings. The minimum Gasteiger partial charge on any atom is -0.389 e. The molecule has 0 aliphatic heterocycles. The molecule has 1 heterocycles. The van der Waals surface area contributed by atoms with Crippen LogP contribution in [0.1, 0.15) is 61.8 Å². The molecule has 3 N–H and O–H groups in total. The number of hydrogen-bond donors (Lipinski definition) is 2. The normalized spacial score (nSPS) is 19.4. The van der Waals surface area contributed by atoms with Gasteiger partial charge in [0, 0.05) is 11.7 Å². The second-order valence-electron chi connectivity index (χ2n) is 6.04. The Morgan fingerprint density at radius 3 is 2.65 bits per heavy atom. The van der Waals surface area contributed by atoms with Crippen molar-refractivity contribution in [2.24, 2.45) is 5.73 Å². The number of thiocarbonyl (C=S) groups is 1. The van der Waals surface area contributed by atoms with E-state index in [0.717, 1.165) is 24.2 Å². The summed E-state index contributed by atoms with van der Waals surface area (Å²) in [4.78, 5) is 5.31. The van der Waals surface area contributed by atoms with Gasteiger partial charge < -0.3 is 11.1 Å². The van der Waals surface area contributed by atoms with Gasteiger partial charge in [-0.1, -0.05) is 31.5 Å². The van der Waals surface area contributed by atoms with Gasteiger partial charge in [0.1, 0.15) is 10.8 Å². The number of pyridine rings is 1. The Hall–Kier alpha value is -1.16. The Kier molecular flexibility index (Phi) is 4.20. The Labute approximate surface area is 126 Å². The fraction of sp³-hybridized carbons (Fsp3) is 0.625. The summed E-state index contributed by atoms with van der Waals surface area (Å²) < 4.78 is 0. The van der Waals surface area contributed by atoms with E-state index in [2.05, 4.69) is 11.4 Å². The molecule has 0 radical (unpaired) electrons. The maximum atomic E-state index is 5.90. The summed E-state index contributed by atoms with van der Waals surface area (Å²) in [6, 6.07) is 2.71. The van der Waals surface area contributed by atoms with E-state index in [4.69, 9.17) is 22.9 Å². The van der Waals surface area contributed by atoms with Crippen LogP contribution in [-0.2, 0) is 12.8 Å². The Morgan fingerprint density at radius 1 is 1.15 bits per heavy atom. The van der Waals surface area contributed by atoms with E-state index in [1.807, 2.05) is 0 Å². The number of nitrogens with zero attached hydrogens (tertiary/aromatic N) is 1. The van der Waals surface area contributed by atoms with Crippen LogP contribution in [0.3, 0.4) is 0 Å². The first-order valence-corrected chi connectivity index (χ1v) is 8.24. The zero-order valence-electron chi connectivity index (χ0n) is 12.0. The maximum absolute atomic E-state index is 5.90.